The van der Waals surface area contributed by atoms with E-state index in [0.717, 1.165) is 6.07 Å². The quantitative estimate of drug-likeness (QED) is 0.887. The van der Waals surface area contributed by atoms with Crippen LogP contribution in [0.5, 0.6) is 5.75 Å². The number of hydrogen-bond acceptors (Lipinski definition) is 3. The van der Waals surface area contributed by atoms with Gasteiger partial charge in [0.05, 0.1) is 10.9 Å². The second-order valence-corrected chi connectivity index (χ2v) is 6.46. The van der Waals surface area contributed by atoms with E-state index in [1.54, 1.807) is 6.92 Å². The molecule has 0 fully saturated rings. The van der Waals surface area contributed by atoms with E-state index in [0.29, 0.717) is 5.75 Å². The molecule has 0 aliphatic carbocycles. The van der Waals surface area contributed by atoms with Crippen molar-refractivity contribution < 1.29 is 21.9 Å². The number of rotatable bonds is 6. The van der Waals surface area contributed by atoms with E-state index in [1.165, 1.54) is 42.5 Å². The Balaban J connectivity index is 1.96. The summed E-state index contributed by atoms with van der Waals surface area (Å²) in [5.41, 5.74) is 0. The zero-order valence-electron chi connectivity index (χ0n) is 11.8. The van der Waals surface area contributed by atoms with Gasteiger partial charge in [0.25, 0.3) is 0 Å². The number of ether oxygens (including phenoxy) is 1. The normalized spacial score (nSPS) is 12.9. The van der Waals surface area contributed by atoms with Crippen molar-refractivity contribution in [3.63, 3.8) is 0 Å². The van der Waals surface area contributed by atoms with Gasteiger partial charge in [-0.2, -0.15) is 0 Å². The third-order valence-corrected chi connectivity index (χ3v) is 4.36. The van der Waals surface area contributed by atoms with Gasteiger partial charge in [-0.05, 0) is 49.4 Å². The minimum Gasteiger partial charge on any atom is -0.492 e. The molecule has 0 aliphatic rings. The van der Waals surface area contributed by atoms with E-state index < -0.39 is 21.9 Å². The summed E-state index contributed by atoms with van der Waals surface area (Å²) in [5.74, 6) is -0.580. The van der Waals surface area contributed by atoms with Crippen LogP contribution in [-0.4, -0.2) is 21.1 Å². The third kappa shape index (κ3) is 4.51. The number of nitrogens with one attached hydrogen (secondary N) is 1. The smallest absolute Gasteiger partial charge is 0.241 e. The number of hydrogen-bond donors (Lipinski definition) is 1. The Hall–Kier alpha value is -1.99. The summed E-state index contributed by atoms with van der Waals surface area (Å²) in [4.78, 5) is -0.152. The molecule has 1 N–H and O–H groups in total. The lowest BCUT2D eigenvalue weighted by Gasteiger charge is -2.15. The molecule has 0 heterocycles. The number of sulfonamides is 1. The molecule has 1 atom stereocenters. The van der Waals surface area contributed by atoms with Gasteiger partial charge in [-0.15, -0.1) is 0 Å². The monoisotopic (exact) mass is 327 g/mol. The zero-order valence-corrected chi connectivity index (χ0v) is 12.6. The molecule has 2 aromatic carbocycles. The van der Waals surface area contributed by atoms with Crippen molar-refractivity contribution in [2.75, 3.05) is 6.61 Å². The van der Waals surface area contributed by atoms with Crippen LogP contribution in [0.15, 0.2) is 53.4 Å². The Morgan fingerprint density at radius 3 is 2.41 bits per heavy atom. The van der Waals surface area contributed by atoms with Crippen molar-refractivity contribution in [1.29, 1.82) is 0 Å². The Kier molecular flexibility index (Phi) is 5.10. The van der Waals surface area contributed by atoms with E-state index in [4.69, 9.17) is 4.74 Å². The fraction of sp³-hybridized carbons (Fsp3) is 0.200. The lowest BCUT2D eigenvalue weighted by atomic mass is 10.3. The molecule has 7 heteroatoms. The van der Waals surface area contributed by atoms with Gasteiger partial charge in [0, 0.05) is 0 Å². The van der Waals surface area contributed by atoms with Gasteiger partial charge in [0.2, 0.25) is 10.0 Å². The van der Waals surface area contributed by atoms with Gasteiger partial charge in [0.15, 0.2) is 0 Å². The minimum absolute atomic E-state index is 0.0557. The van der Waals surface area contributed by atoms with Crippen molar-refractivity contribution in [3.05, 3.63) is 60.2 Å². The van der Waals surface area contributed by atoms with Gasteiger partial charge in [-0.3, -0.25) is 0 Å². The highest BCUT2D eigenvalue weighted by Crippen LogP contribution is 2.13. The van der Waals surface area contributed by atoms with Gasteiger partial charge in [-0.25, -0.2) is 21.9 Å². The third-order valence-electron chi connectivity index (χ3n) is 2.78. The van der Waals surface area contributed by atoms with Crippen LogP contribution in [0.3, 0.4) is 0 Å². The van der Waals surface area contributed by atoms with Crippen molar-refractivity contribution in [2.24, 2.45) is 0 Å². The first-order valence-corrected chi connectivity index (χ1v) is 8.01. The summed E-state index contributed by atoms with van der Waals surface area (Å²) in [5, 5.41) is 0. The maximum atomic E-state index is 13.1. The first kappa shape index (κ1) is 16.4. The van der Waals surface area contributed by atoms with Crippen LogP contribution >= 0.6 is 0 Å². The minimum atomic E-state index is -3.82. The van der Waals surface area contributed by atoms with Gasteiger partial charge >= 0.3 is 0 Å². The highest BCUT2D eigenvalue weighted by molar-refractivity contribution is 7.89. The zero-order chi connectivity index (χ0) is 16.2. The molecule has 0 saturated carbocycles. The Morgan fingerprint density at radius 1 is 1.09 bits per heavy atom. The first-order chi connectivity index (χ1) is 10.4. The Morgan fingerprint density at radius 2 is 1.77 bits per heavy atom. The summed E-state index contributed by atoms with van der Waals surface area (Å²) in [6.07, 6.45) is 0. The second-order valence-electron chi connectivity index (χ2n) is 4.74. The van der Waals surface area contributed by atoms with Crippen LogP contribution in [0.1, 0.15) is 6.92 Å². The van der Waals surface area contributed by atoms with Crippen molar-refractivity contribution in [2.45, 2.75) is 17.9 Å². The molecule has 1 unspecified atom stereocenters. The molecule has 0 bridgehead atoms. The largest absolute Gasteiger partial charge is 0.492 e. The maximum Gasteiger partial charge on any atom is 0.241 e. The fourth-order valence-electron chi connectivity index (χ4n) is 1.75. The van der Waals surface area contributed by atoms with Crippen LogP contribution < -0.4 is 9.46 Å². The summed E-state index contributed by atoms with van der Waals surface area (Å²) < 4.78 is 57.7. The van der Waals surface area contributed by atoms with E-state index >= 15 is 0 Å². The standard InChI is InChI=1S/C15H15F2NO3S/c1-11(10-21-14-7-5-12(16)6-8-14)18-22(19,20)15-4-2-3-13(17)9-15/h2-9,11,18H,10H2,1H3. The molecule has 0 spiro atoms. The second kappa shape index (κ2) is 6.85. The fourth-order valence-corrected chi connectivity index (χ4v) is 3.01. The molecule has 22 heavy (non-hydrogen) atoms. The molecule has 0 aromatic heterocycles. The molecule has 2 rings (SSSR count). The maximum absolute atomic E-state index is 13.1. The summed E-state index contributed by atoms with van der Waals surface area (Å²) in [7, 11) is -3.82. The summed E-state index contributed by atoms with van der Waals surface area (Å²) >= 11 is 0. The van der Waals surface area contributed by atoms with Crippen LogP contribution in [0, 0.1) is 11.6 Å². The topological polar surface area (TPSA) is 55.4 Å². The average Bonchev–Trinajstić information content (AvgIpc) is 2.46. The highest BCUT2D eigenvalue weighted by Gasteiger charge is 2.18. The molecule has 0 saturated heterocycles. The predicted molar refractivity (Wildman–Crippen MR) is 78.1 cm³/mol. The Bertz CT molecular complexity index is 733. The summed E-state index contributed by atoms with van der Waals surface area (Å²) in [6.45, 7) is 1.67. The molecule has 0 aliphatic heterocycles. The van der Waals surface area contributed by atoms with E-state index in [2.05, 4.69) is 4.72 Å². The lowest BCUT2D eigenvalue weighted by Crippen LogP contribution is -2.36. The van der Waals surface area contributed by atoms with Crippen molar-refractivity contribution in [1.82, 2.24) is 4.72 Å². The van der Waals surface area contributed by atoms with E-state index in [1.807, 2.05) is 0 Å². The van der Waals surface area contributed by atoms with Crippen molar-refractivity contribution >= 4 is 10.0 Å². The molecule has 0 radical (unpaired) electrons. The molecule has 2 aromatic rings. The predicted octanol–water partition coefficient (Wildman–Crippen LogP) is 2.71. The van der Waals surface area contributed by atoms with Crippen LogP contribution in [-0.2, 0) is 10.0 Å². The van der Waals surface area contributed by atoms with Gasteiger partial charge in [-0.1, -0.05) is 6.07 Å². The highest BCUT2D eigenvalue weighted by atomic mass is 32.2. The molecule has 0 amide bonds. The Labute approximate surface area is 127 Å². The van der Waals surface area contributed by atoms with Gasteiger partial charge < -0.3 is 4.74 Å². The van der Waals surface area contributed by atoms with Gasteiger partial charge in [0.1, 0.15) is 24.0 Å². The van der Waals surface area contributed by atoms with E-state index in [-0.39, 0.29) is 17.3 Å². The van der Waals surface area contributed by atoms with Crippen LogP contribution in [0.25, 0.3) is 0 Å². The average molecular weight is 327 g/mol. The van der Waals surface area contributed by atoms with Crippen LogP contribution in [0.4, 0.5) is 8.78 Å². The molecular weight excluding hydrogens is 312 g/mol. The SMILES string of the molecule is CC(COc1ccc(F)cc1)NS(=O)(=O)c1cccc(F)c1. The van der Waals surface area contributed by atoms with Crippen LogP contribution in [0.2, 0.25) is 0 Å². The molecule has 4 nitrogen and oxygen atoms in total. The summed E-state index contributed by atoms with van der Waals surface area (Å²) in [6, 6.07) is 9.58. The molecular formula is C15H15F2NO3S. The number of halogens is 2. The first-order valence-electron chi connectivity index (χ1n) is 6.53. The van der Waals surface area contributed by atoms with Crippen molar-refractivity contribution in [3.8, 4) is 5.75 Å². The van der Waals surface area contributed by atoms with E-state index in [9.17, 15) is 17.2 Å². The molecule has 118 valence electrons. The lowest BCUT2D eigenvalue weighted by molar-refractivity contribution is 0.287. The number of benzene rings is 2.